The second-order valence-electron chi connectivity index (χ2n) is 7.08. The Kier molecular flexibility index (Phi) is 6.81. The quantitative estimate of drug-likeness (QED) is 0.622. The molecule has 2 heterocycles. The summed E-state index contributed by atoms with van der Waals surface area (Å²) < 4.78 is 17.3. The zero-order valence-corrected chi connectivity index (χ0v) is 18.4. The molecule has 1 aromatic heterocycles. The average Bonchev–Trinajstić information content (AvgIpc) is 3.08. The van der Waals surface area contributed by atoms with Crippen molar-refractivity contribution < 1.29 is 23.8 Å². The highest BCUT2D eigenvalue weighted by Gasteiger charge is 2.33. The summed E-state index contributed by atoms with van der Waals surface area (Å²) in [6.07, 6.45) is 0.858. The van der Waals surface area contributed by atoms with Crippen LogP contribution in [0.25, 0.3) is 0 Å². The van der Waals surface area contributed by atoms with Crippen molar-refractivity contribution in [2.75, 3.05) is 27.9 Å². The first-order valence-electron chi connectivity index (χ1n) is 9.65. The molecule has 0 fully saturated rings. The van der Waals surface area contributed by atoms with Gasteiger partial charge in [-0.05, 0) is 36.6 Å². The molecule has 0 saturated carbocycles. The molecule has 1 aliphatic heterocycles. The monoisotopic (exact) mass is 434 g/mol. The third kappa shape index (κ3) is 4.35. The molecule has 9 heteroatoms. The molecule has 0 radical (unpaired) electrons. The number of thiazole rings is 1. The number of ether oxygens (including phenoxy) is 3. The van der Waals surface area contributed by atoms with Crippen LogP contribution in [-0.4, -0.2) is 49.2 Å². The number of fused-ring (bicyclic) bond motifs is 1. The van der Waals surface area contributed by atoms with Gasteiger partial charge in [0.1, 0.15) is 0 Å². The Morgan fingerprint density at radius 2 is 1.87 bits per heavy atom. The fourth-order valence-electron chi connectivity index (χ4n) is 3.81. The van der Waals surface area contributed by atoms with E-state index in [9.17, 15) is 14.4 Å². The van der Waals surface area contributed by atoms with Gasteiger partial charge in [0.2, 0.25) is 5.91 Å². The molecule has 1 aliphatic rings. The number of hydrogen-bond acceptors (Lipinski definition) is 7. The molecule has 162 valence electrons. The van der Waals surface area contributed by atoms with E-state index in [1.165, 1.54) is 7.11 Å². The van der Waals surface area contributed by atoms with Gasteiger partial charge in [-0.25, -0.2) is 0 Å². The molecule has 30 heavy (non-hydrogen) atoms. The number of aryl methyl sites for hydroxylation is 1. The lowest BCUT2D eigenvalue weighted by molar-refractivity contribution is -0.144. The molecule has 2 aromatic rings. The summed E-state index contributed by atoms with van der Waals surface area (Å²) in [5.74, 6) is 0.646. The lowest BCUT2D eigenvalue weighted by Crippen LogP contribution is -2.41. The molecule has 0 aliphatic carbocycles. The third-order valence-electron chi connectivity index (χ3n) is 5.44. The molecule has 1 unspecified atom stereocenters. The maximum atomic E-state index is 13.1. The van der Waals surface area contributed by atoms with Crippen molar-refractivity contribution in [2.45, 2.75) is 38.8 Å². The van der Waals surface area contributed by atoms with Gasteiger partial charge < -0.3 is 23.7 Å². The molecule has 0 N–H and O–H groups in total. The predicted molar refractivity (Wildman–Crippen MR) is 112 cm³/mol. The number of amides is 1. The fraction of sp³-hybridized carbons (Fsp3) is 0.476. The molecule has 8 nitrogen and oxygen atoms in total. The van der Waals surface area contributed by atoms with Gasteiger partial charge in [0.15, 0.2) is 11.5 Å². The van der Waals surface area contributed by atoms with Crippen LogP contribution in [0.1, 0.15) is 35.7 Å². The van der Waals surface area contributed by atoms with Crippen molar-refractivity contribution >= 4 is 23.2 Å². The Morgan fingerprint density at radius 3 is 2.47 bits per heavy atom. The number of carbonyl (C=O) groups excluding carboxylic acids is 2. The molecule has 0 bridgehead atoms. The summed E-state index contributed by atoms with van der Waals surface area (Å²) in [5.41, 5.74) is 2.70. The number of benzene rings is 1. The fourth-order valence-corrected chi connectivity index (χ4v) is 4.57. The van der Waals surface area contributed by atoms with E-state index in [1.807, 2.05) is 19.1 Å². The second-order valence-corrected chi connectivity index (χ2v) is 7.90. The SMILES string of the molecule is COC(=O)CC1c2cc(OC)c(OC)cc2CCN1C(=O)CCn1c(C)csc1=O. The number of aromatic nitrogens is 1. The largest absolute Gasteiger partial charge is 0.493 e. The molecule has 1 aromatic carbocycles. The van der Waals surface area contributed by atoms with Crippen molar-refractivity contribution in [2.24, 2.45) is 0 Å². The predicted octanol–water partition coefficient (Wildman–Crippen LogP) is 2.31. The summed E-state index contributed by atoms with van der Waals surface area (Å²) in [5, 5.41) is 1.78. The van der Waals surface area contributed by atoms with E-state index in [4.69, 9.17) is 14.2 Å². The highest BCUT2D eigenvalue weighted by molar-refractivity contribution is 7.07. The van der Waals surface area contributed by atoms with E-state index >= 15 is 0 Å². The van der Waals surface area contributed by atoms with Crippen LogP contribution < -0.4 is 14.3 Å². The Hall–Kier alpha value is -2.81. The van der Waals surface area contributed by atoms with E-state index in [1.54, 1.807) is 29.1 Å². The van der Waals surface area contributed by atoms with Crippen LogP contribution >= 0.6 is 11.3 Å². The average molecular weight is 435 g/mol. The minimum Gasteiger partial charge on any atom is -0.493 e. The number of nitrogens with zero attached hydrogens (tertiary/aromatic N) is 2. The maximum absolute atomic E-state index is 13.1. The zero-order valence-electron chi connectivity index (χ0n) is 17.6. The van der Waals surface area contributed by atoms with Crippen LogP contribution in [-0.2, 0) is 27.3 Å². The van der Waals surface area contributed by atoms with Crippen LogP contribution in [0.15, 0.2) is 22.3 Å². The first-order chi connectivity index (χ1) is 14.4. The molecule has 1 atom stereocenters. The second kappa shape index (κ2) is 9.34. The highest BCUT2D eigenvalue weighted by Crippen LogP contribution is 2.39. The number of carbonyl (C=O) groups is 2. The first-order valence-corrected chi connectivity index (χ1v) is 10.5. The summed E-state index contributed by atoms with van der Waals surface area (Å²) in [4.78, 5) is 38.8. The van der Waals surface area contributed by atoms with Crippen LogP contribution in [0.5, 0.6) is 11.5 Å². The first kappa shape index (κ1) is 21.9. The van der Waals surface area contributed by atoms with Crippen molar-refractivity contribution in [1.82, 2.24) is 9.47 Å². The van der Waals surface area contributed by atoms with E-state index in [2.05, 4.69) is 0 Å². The molecule has 3 rings (SSSR count). The summed E-state index contributed by atoms with van der Waals surface area (Å²) in [7, 11) is 4.45. The van der Waals surface area contributed by atoms with Crippen molar-refractivity contribution in [3.63, 3.8) is 0 Å². The summed E-state index contributed by atoms with van der Waals surface area (Å²) in [6.45, 7) is 2.63. The normalized spacial score (nSPS) is 15.5. The molecular weight excluding hydrogens is 408 g/mol. The van der Waals surface area contributed by atoms with Crippen molar-refractivity contribution in [3.05, 3.63) is 44.0 Å². The van der Waals surface area contributed by atoms with Crippen LogP contribution in [0.4, 0.5) is 0 Å². The molecule has 1 amide bonds. The van der Waals surface area contributed by atoms with Gasteiger partial charge >= 0.3 is 10.8 Å². The molecule has 0 saturated heterocycles. The minimum atomic E-state index is -0.464. The minimum absolute atomic E-state index is 0.0438. The third-order valence-corrected chi connectivity index (χ3v) is 6.32. The number of esters is 1. The van der Waals surface area contributed by atoms with Gasteiger partial charge in [0.25, 0.3) is 0 Å². The topological polar surface area (TPSA) is 87.1 Å². The standard InChI is InChI=1S/C21H26N2O6S/c1-13-12-30-21(26)22(13)8-6-19(24)23-7-5-14-9-17(27-2)18(28-3)10-15(14)16(23)11-20(25)29-4/h9-10,12,16H,5-8,11H2,1-4H3. The van der Waals surface area contributed by atoms with E-state index in [-0.39, 0.29) is 23.6 Å². The number of hydrogen-bond donors (Lipinski definition) is 0. The van der Waals surface area contributed by atoms with Gasteiger partial charge in [0, 0.05) is 30.6 Å². The summed E-state index contributed by atoms with van der Waals surface area (Å²) in [6, 6.07) is 3.26. The van der Waals surface area contributed by atoms with Crippen molar-refractivity contribution in [3.8, 4) is 11.5 Å². The lowest BCUT2D eigenvalue weighted by Gasteiger charge is -2.37. The smallest absolute Gasteiger partial charge is 0.307 e. The van der Waals surface area contributed by atoms with Crippen LogP contribution in [0, 0.1) is 6.92 Å². The lowest BCUT2D eigenvalue weighted by atomic mass is 9.89. The number of methoxy groups -OCH3 is 3. The Morgan fingerprint density at radius 1 is 1.17 bits per heavy atom. The van der Waals surface area contributed by atoms with Gasteiger partial charge in [-0.1, -0.05) is 11.3 Å². The number of rotatable bonds is 7. The van der Waals surface area contributed by atoms with Gasteiger partial charge in [-0.15, -0.1) is 0 Å². The van der Waals surface area contributed by atoms with Gasteiger partial charge in [-0.3, -0.25) is 14.4 Å². The highest BCUT2D eigenvalue weighted by atomic mass is 32.1. The van der Waals surface area contributed by atoms with Gasteiger partial charge in [0.05, 0.1) is 33.8 Å². The van der Waals surface area contributed by atoms with Gasteiger partial charge in [-0.2, -0.15) is 0 Å². The van der Waals surface area contributed by atoms with Crippen molar-refractivity contribution in [1.29, 1.82) is 0 Å². The summed E-state index contributed by atoms with van der Waals surface area (Å²) >= 11 is 1.12. The van der Waals surface area contributed by atoms with Crippen LogP contribution in [0.2, 0.25) is 0 Å². The molecule has 0 spiro atoms. The molecular formula is C21H26N2O6S. The van der Waals surface area contributed by atoms with E-state index < -0.39 is 12.0 Å². The van der Waals surface area contributed by atoms with E-state index in [0.29, 0.717) is 31.0 Å². The maximum Gasteiger partial charge on any atom is 0.307 e. The van der Waals surface area contributed by atoms with E-state index in [0.717, 1.165) is 28.2 Å². The zero-order chi connectivity index (χ0) is 21.8. The van der Waals surface area contributed by atoms with Crippen LogP contribution in [0.3, 0.4) is 0 Å². The Labute approximate surface area is 179 Å². The Balaban J connectivity index is 1.89. The Bertz CT molecular complexity index is 996.